The zero-order valence-corrected chi connectivity index (χ0v) is 17.2. The summed E-state index contributed by atoms with van der Waals surface area (Å²) in [5.41, 5.74) is 3.03. The van der Waals surface area contributed by atoms with Crippen molar-refractivity contribution in [3.8, 4) is 11.1 Å². The van der Waals surface area contributed by atoms with Crippen LogP contribution < -0.4 is 5.32 Å². The molecule has 2 atom stereocenters. The van der Waals surface area contributed by atoms with Gasteiger partial charge in [-0.3, -0.25) is 14.6 Å². The van der Waals surface area contributed by atoms with Crippen molar-refractivity contribution in [2.75, 3.05) is 44.6 Å². The van der Waals surface area contributed by atoms with Gasteiger partial charge in [-0.25, -0.2) is 0 Å². The first kappa shape index (κ1) is 20.1. The van der Waals surface area contributed by atoms with Crippen LogP contribution in [0.1, 0.15) is 19.8 Å². The molecule has 0 saturated carbocycles. The van der Waals surface area contributed by atoms with Crippen LogP contribution >= 0.6 is 0 Å². The summed E-state index contributed by atoms with van der Waals surface area (Å²) in [7, 11) is 0. The number of nitrogens with zero attached hydrogens (tertiary/aromatic N) is 2. The van der Waals surface area contributed by atoms with Crippen LogP contribution in [0.25, 0.3) is 11.1 Å². The van der Waals surface area contributed by atoms with Crippen molar-refractivity contribution in [1.82, 2.24) is 9.80 Å². The van der Waals surface area contributed by atoms with Gasteiger partial charge in [0, 0.05) is 50.6 Å². The van der Waals surface area contributed by atoms with Crippen LogP contribution in [0.4, 0.5) is 5.69 Å². The van der Waals surface area contributed by atoms with Crippen LogP contribution in [0.15, 0.2) is 54.6 Å². The molecule has 0 spiro atoms. The number of carbonyl (C=O) groups is 1. The molecule has 2 saturated heterocycles. The van der Waals surface area contributed by atoms with Crippen LogP contribution in [-0.4, -0.2) is 67.2 Å². The van der Waals surface area contributed by atoms with E-state index in [-0.39, 0.29) is 11.9 Å². The molecule has 2 aliphatic rings. The van der Waals surface area contributed by atoms with Crippen LogP contribution in [0.2, 0.25) is 0 Å². The number of amides is 1. The Morgan fingerprint density at radius 1 is 1.07 bits per heavy atom. The van der Waals surface area contributed by atoms with E-state index in [4.69, 9.17) is 4.74 Å². The second-order valence-corrected chi connectivity index (χ2v) is 8.05. The van der Waals surface area contributed by atoms with Gasteiger partial charge in [0.25, 0.3) is 0 Å². The molecule has 0 radical (unpaired) electrons. The molecule has 2 fully saturated rings. The maximum atomic E-state index is 13.0. The number of hydrogen-bond donors (Lipinski definition) is 1. The first-order chi connectivity index (χ1) is 14.2. The highest BCUT2D eigenvalue weighted by atomic mass is 16.5. The van der Waals surface area contributed by atoms with E-state index in [0.717, 1.165) is 56.1 Å². The molecule has 5 heteroatoms. The Labute approximate surface area is 173 Å². The van der Waals surface area contributed by atoms with Gasteiger partial charge >= 0.3 is 0 Å². The second kappa shape index (κ2) is 9.53. The highest BCUT2D eigenvalue weighted by molar-refractivity contribution is 5.98. The van der Waals surface area contributed by atoms with E-state index in [9.17, 15) is 4.79 Å². The van der Waals surface area contributed by atoms with Crippen LogP contribution in [0.3, 0.4) is 0 Å². The van der Waals surface area contributed by atoms with Gasteiger partial charge < -0.3 is 10.1 Å². The molecular formula is C24H31N3O2. The summed E-state index contributed by atoms with van der Waals surface area (Å²) in [6.07, 6.45) is 2.77. The number of para-hydroxylation sites is 1. The molecule has 2 aliphatic heterocycles. The van der Waals surface area contributed by atoms with E-state index in [0.29, 0.717) is 6.10 Å². The Morgan fingerprint density at radius 2 is 1.79 bits per heavy atom. The molecule has 1 N–H and O–H groups in total. The van der Waals surface area contributed by atoms with Crippen LogP contribution in [0.5, 0.6) is 0 Å². The van der Waals surface area contributed by atoms with Gasteiger partial charge in [0.05, 0.1) is 12.1 Å². The van der Waals surface area contributed by atoms with E-state index in [2.05, 4.69) is 33.3 Å². The lowest BCUT2D eigenvalue weighted by Gasteiger charge is -2.38. The standard InChI is InChI=1S/C24H31N3O2/c1-19(27-15-13-26(14-16-27)18-21-10-7-17-29-21)24(28)25-23-12-6-5-11-22(23)20-8-3-2-4-9-20/h2-6,8-9,11-12,19,21H,7,10,13-18H2,1H3,(H,25,28). The average Bonchev–Trinajstić information content (AvgIpc) is 3.28. The van der Waals surface area contributed by atoms with E-state index in [1.807, 2.05) is 43.3 Å². The minimum absolute atomic E-state index is 0.0564. The largest absolute Gasteiger partial charge is 0.377 e. The Bertz CT molecular complexity index is 797. The lowest BCUT2D eigenvalue weighted by molar-refractivity contribution is -0.121. The fourth-order valence-electron chi connectivity index (χ4n) is 4.27. The molecule has 2 unspecified atom stereocenters. The van der Waals surface area contributed by atoms with Crippen LogP contribution in [-0.2, 0) is 9.53 Å². The predicted octanol–water partition coefficient (Wildman–Crippen LogP) is 3.48. The summed E-state index contributed by atoms with van der Waals surface area (Å²) >= 11 is 0. The van der Waals surface area contributed by atoms with Crippen molar-refractivity contribution in [2.45, 2.75) is 31.9 Å². The lowest BCUT2D eigenvalue weighted by atomic mass is 10.0. The third-order valence-electron chi connectivity index (χ3n) is 6.09. The number of rotatable bonds is 6. The molecule has 2 aromatic carbocycles. The maximum absolute atomic E-state index is 13.0. The number of benzene rings is 2. The highest BCUT2D eigenvalue weighted by Gasteiger charge is 2.27. The first-order valence-corrected chi connectivity index (χ1v) is 10.7. The van der Waals surface area contributed by atoms with E-state index < -0.39 is 0 Å². The topological polar surface area (TPSA) is 44.8 Å². The molecular weight excluding hydrogens is 362 g/mol. The SMILES string of the molecule is CC(C(=O)Nc1ccccc1-c1ccccc1)N1CCN(CC2CCCO2)CC1. The second-order valence-electron chi connectivity index (χ2n) is 8.05. The van der Waals surface area contributed by atoms with Gasteiger partial charge in [-0.1, -0.05) is 48.5 Å². The fraction of sp³-hybridized carbons (Fsp3) is 0.458. The van der Waals surface area contributed by atoms with E-state index >= 15 is 0 Å². The Morgan fingerprint density at radius 3 is 2.52 bits per heavy atom. The highest BCUT2D eigenvalue weighted by Crippen LogP contribution is 2.28. The zero-order chi connectivity index (χ0) is 20.1. The minimum Gasteiger partial charge on any atom is -0.377 e. The monoisotopic (exact) mass is 393 g/mol. The van der Waals surface area contributed by atoms with Crippen molar-refractivity contribution in [3.63, 3.8) is 0 Å². The van der Waals surface area contributed by atoms with Gasteiger partial charge in [-0.05, 0) is 31.4 Å². The van der Waals surface area contributed by atoms with Crippen molar-refractivity contribution in [2.24, 2.45) is 0 Å². The summed E-state index contributed by atoms with van der Waals surface area (Å²) in [5.74, 6) is 0.0564. The van der Waals surface area contributed by atoms with E-state index in [1.165, 1.54) is 12.8 Å². The van der Waals surface area contributed by atoms with Gasteiger partial charge in [-0.15, -0.1) is 0 Å². The number of piperazine rings is 1. The predicted molar refractivity (Wildman–Crippen MR) is 117 cm³/mol. The van der Waals surface area contributed by atoms with Crippen molar-refractivity contribution in [3.05, 3.63) is 54.6 Å². The third kappa shape index (κ3) is 5.04. The molecule has 154 valence electrons. The van der Waals surface area contributed by atoms with Gasteiger partial charge in [0.2, 0.25) is 5.91 Å². The summed E-state index contributed by atoms with van der Waals surface area (Å²) in [5, 5.41) is 3.16. The minimum atomic E-state index is -0.149. The van der Waals surface area contributed by atoms with Gasteiger partial charge in [0.15, 0.2) is 0 Å². The molecule has 0 aromatic heterocycles. The van der Waals surface area contributed by atoms with Crippen molar-refractivity contribution < 1.29 is 9.53 Å². The average molecular weight is 394 g/mol. The summed E-state index contributed by atoms with van der Waals surface area (Å²) in [4.78, 5) is 17.7. The van der Waals surface area contributed by atoms with Crippen LogP contribution in [0, 0.1) is 0 Å². The van der Waals surface area contributed by atoms with Crippen molar-refractivity contribution in [1.29, 1.82) is 0 Å². The number of ether oxygens (including phenoxy) is 1. The van der Waals surface area contributed by atoms with E-state index in [1.54, 1.807) is 0 Å². The van der Waals surface area contributed by atoms with Gasteiger partial charge in [-0.2, -0.15) is 0 Å². The number of carbonyl (C=O) groups excluding carboxylic acids is 1. The number of anilines is 1. The summed E-state index contributed by atoms with van der Waals surface area (Å²) in [6.45, 7) is 7.78. The molecule has 0 bridgehead atoms. The number of hydrogen-bond acceptors (Lipinski definition) is 4. The molecule has 0 aliphatic carbocycles. The lowest BCUT2D eigenvalue weighted by Crippen LogP contribution is -2.53. The summed E-state index contributed by atoms with van der Waals surface area (Å²) < 4.78 is 5.76. The molecule has 2 heterocycles. The molecule has 4 rings (SSSR count). The smallest absolute Gasteiger partial charge is 0.241 e. The van der Waals surface area contributed by atoms with Crippen molar-refractivity contribution >= 4 is 11.6 Å². The maximum Gasteiger partial charge on any atom is 0.241 e. The quantitative estimate of drug-likeness (QED) is 0.816. The summed E-state index contributed by atoms with van der Waals surface area (Å²) in [6, 6.07) is 18.1. The normalized spacial score (nSPS) is 21.8. The molecule has 1 amide bonds. The Hall–Kier alpha value is -2.21. The molecule has 2 aromatic rings. The Kier molecular flexibility index (Phi) is 6.60. The molecule has 5 nitrogen and oxygen atoms in total. The zero-order valence-electron chi connectivity index (χ0n) is 17.2. The van der Waals surface area contributed by atoms with Gasteiger partial charge in [0.1, 0.15) is 0 Å². The molecule has 29 heavy (non-hydrogen) atoms. The first-order valence-electron chi connectivity index (χ1n) is 10.7. The third-order valence-corrected chi connectivity index (χ3v) is 6.09. The Balaban J connectivity index is 1.34. The number of nitrogens with one attached hydrogen (secondary N) is 1. The fourth-order valence-corrected chi connectivity index (χ4v) is 4.27.